The van der Waals surface area contributed by atoms with Gasteiger partial charge in [0.15, 0.2) is 35.1 Å². The van der Waals surface area contributed by atoms with Crippen molar-refractivity contribution in [2.45, 2.75) is 186 Å². The summed E-state index contributed by atoms with van der Waals surface area (Å²) < 4.78 is 26.1. The van der Waals surface area contributed by atoms with Crippen LogP contribution in [0.2, 0.25) is 0 Å². The predicted molar refractivity (Wildman–Crippen MR) is 205 cm³/mol. The Hall–Kier alpha value is -3.45. The summed E-state index contributed by atoms with van der Waals surface area (Å²) in [5.41, 5.74) is -1.07. The smallest absolute Gasteiger partial charge is 0.350 e. The van der Waals surface area contributed by atoms with Crippen LogP contribution in [0, 0.1) is 0 Å². The van der Waals surface area contributed by atoms with Crippen LogP contribution in [-0.2, 0) is 47.7 Å². The van der Waals surface area contributed by atoms with Crippen molar-refractivity contribution in [1.29, 1.82) is 0 Å². The monoisotopic (exact) mass is 780 g/mol. The summed E-state index contributed by atoms with van der Waals surface area (Å²) in [6.45, 7) is 2.83. The predicted octanol–water partition coefficient (Wildman–Crippen LogP) is 7.90. The van der Waals surface area contributed by atoms with E-state index in [4.69, 9.17) is 23.7 Å². The number of hydrogen-bond acceptors (Lipinski definition) is 13. The van der Waals surface area contributed by atoms with E-state index >= 15 is 0 Å². The van der Waals surface area contributed by atoms with Crippen molar-refractivity contribution >= 4 is 29.7 Å². The number of aliphatic hydroxyl groups is 3. The zero-order chi connectivity index (χ0) is 40.3. The number of esters is 4. The lowest BCUT2D eigenvalue weighted by Gasteiger charge is -2.18. The second-order valence-electron chi connectivity index (χ2n) is 14.7. The fourth-order valence-electron chi connectivity index (χ4n) is 6.71. The second kappa shape index (κ2) is 28.9. The maximum Gasteiger partial charge on any atom is 0.350 e. The summed E-state index contributed by atoms with van der Waals surface area (Å²) in [5.74, 6) is -5.53. The van der Waals surface area contributed by atoms with E-state index in [-0.39, 0.29) is 31.6 Å². The maximum atomic E-state index is 12.8. The number of rotatable bonds is 34. The molecule has 314 valence electrons. The van der Waals surface area contributed by atoms with Crippen LogP contribution < -0.4 is 0 Å². The fourth-order valence-corrected chi connectivity index (χ4v) is 6.71. The molecular formula is C42H68O13. The van der Waals surface area contributed by atoms with Gasteiger partial charge in [-0.2, -0.15) is 0 Å². The molecule has 3 atom stereocenters. The van der Waals surface area contributed by atoms with Crippen LogP contribution in [0.1, 0.15) is 168 Å². The van der Waals surface area contributed by atoms with Gasteiger partial charge in [-0.25, -0.2) is 14.4 Å². The molecule has 2 rings (SSSR count). The SMILES string of the molecule is CCCCCCCCCCCCCCCC(=O)C1=C(O)[C@@H](COC(=O)CC(CCCCCCCCCC)OCCOC(=O)C2=C(O)[C@@H](CO)OC2=O)OC1=O. The molecule has 0 fully saturated rings. The molecule has 0 bridgehead atoms. The van der Waals surface area contributed by atoms with E-state index in [0.29, 0.717) is 12.8 Å². The quantitative estimate of drug-likeness (QED) is 0.0247. The van der Waals surface area contributed by atoms with E-state index in [0.717, 1.165) is 44.9 Å². The van der Waals surface area contributed by atoms with Crippen LogP contribution in [0.25, 0.3) is 0 Å². The highest BCUT2D eigenvalue weighted by Crippen LogP contribution is 2.25. The van der Waals surface area contributed by atoms with Gasteiger partial charge in [0.1, 0.15) is 18.8 Å². The fraction of sp³-hybridized carbons (Fsp3) is 0.786. The van der Waals surface area contributed by atoms with Gasteiger partial charge < -0.3 is 39.0 Å². The van der Waals surface area contributed by atoms with Crippen molar-refractivity contribution in [2.75, 3.05) is 26.4 Å². The van der Waals surface area contributed by atoms with Crippen molar-refractivity contribution in [2.24, 2.45) is 0 Å². The summed E-state index contributed by atoms with van der Waals surface area (Å²) in [6.07, 6.45) is 21.0. The van der Waals surface area contributed by atoms with Crippen LogP contribution in [0.3, 0.4) is 0 Å². The normalized spacial score (nSPS) is 17.4. The Labute approximate surface area is 327 Å². The molecule has 0 radical (unpaired) electrons. The first-order valence-corrected chi connectivity index (χ1v) is 21.0. The van der Waals surface area contributed by atoms with Gasteiger partial charge in [-0.15, -0.1) is 0 Å². The highest BCUT2D eigenvalue weighted by molar-refractivity contribution is 6.19. The van der Waals surface area contributed by atoms with Crippen molar-refractivity contribution in [1.82, 2.24) is 0 Å². The third kappa shape index (κ3) is 18.8. The van der Waals surface area contributed by atoms with Crippen LogP contribution >= 0.6 is 0 Å². The Balaban J connectivity index is 1.76. The lowest BCUT2D eigenvalue weighted by molar-refractivity contribution is -0.156. The summed E-state index contributed by atoms with van der Waals surface area (Å²) in [4.78, 5) is 62.3. The molecule has 0 amide bonds. The molecule has 2 aliphatic heterocycles. The van der Waals surface area contributed by atoms with Gasteiger partial charge in [-0.05, 0) is 12.8 Å². The van der Waals surface area contributed by atoms with Crippen molar-refractivity contribution < 1.29 is 63.0 Å². The average molecular weight is 781 g/mol. The number of unbranched alkanes of at least 4 members (excludes halogenated alkanes) is 19. The molecule has 0 saturated carbocycles. The second-order valence-corrected chi connectivity index (χ2v) is 14.7. The molecule has 13 heteroatoms. The highest BCUT2D eigenvalue weighted by atomic mass is 16.6. The Morgan fingerprint density at radius 2 is 1.09 bits per heavy atom. The van der Waals surface area contributed by atoms with Crippen molar-refractivity contribution in [3.63, 3.8) is 0 Å². The Morgan fingerprint density at radius 1 is 0.618 bits per heavy atom. The van der Waals surface area contributed by atoms with Gasteiger partial charge in [0.05, 0.1) is 25.7 Å². The molecule has 13 nitrogen and oxygen atoms in total. The Bertz CT molecular complexity index is 1240. The number of carbonyl (C=O) groups excluding carboxylic acids is 5. The Morgan fingerprint density at radius 3 is 1.62 bits per heavy atom. The molecule has 0 aromatic carbocycles. The van der Waals surface area contributed by atoms with E-state index in [1.54, 1.807) is 0 Å². The van der Waals surface area contributed by atoms with E-state index in [1.165, 1.54) is 83.5 Å². The number of Topliss-reactive ketones (excluding diaryl/α,β-unsaturated/α-hetero) is 1. The molecule has 0 aromatic heterocycles. The third-order valence-corrected chi connectivity index (χ3v) is 10.0. The van der Waals surface area contributed by atoms with E-state index in [9.17, 15) is 39.3 Å². The number of cyclic esters (lactones) is 2. The summed E-state index contributed by atoms with van der Waals surface area (Å²) in [7, 11) is 0. The molecule has 55 heavy (non-hydrogen) atoms. The van der Waals surface area contributed by atoms with Gasteiger partial charge in [0.25, 0.3) is 0 Å². The largest absolute Gasteiger partial charge is 0.507 e. The minimum atomic E-state index is -1.32. The lowest BCUT2D eigenvalue weighted by Crippen LogP contribution is -2.26. The molecule has 0 aromatic rings. The van der Waals surface area contributed by atoms with E-state index in [1.807, 2.05) is 0 Å². The third-order valence-electron chi connectivity index (χ3n) is 10.0. The minimum absolute atomic E-state index is 0.123. The molecule has 0 spiro atoms. The standard InChI is InChI=1S/C42H68O13/c1-3-5-7-9-11-13-14-15-16-17-19-21-23-25-32(44)36-39(47)34(55-41(36)49)30-53-35(45)28-31(24-22-20-18-12-10-8-6-4-2)51-26-27-52-40(48)37-38(46)33(29-43)54-42(37)50/h31,33-34,43,46-47H,3-30H2,1-2H3/t31?,33-,34-/m1/s1. The number of aliphatic hydroxyl groups excluding tert-OH is 3. The van der Waals surface area contributed by atoms with Crippen LogP contribution in [0.4, 0.5) is 0 Å². The number of hydrogen-bond donors (Lipinski definition) is 3. The topological polar surface area (TPSA) is 192 Å². The van der Waals surface area contributed by atoms with Gasteiger partial charge in [-0.3, -0.25) is 9.59 Å². The van der Waals surface area contributed by atoms with Crippen LogP contribution in [-0.4, -0.2) is 89.7 Å². The number of ether oxygens (including phenoxy) is 5. The summed E-state index contributed by atoms with van der Waals surface area (Å²) >= 11 is 0. The number of carbonyl (C=O) groups is 5. The zero-order valence-corrected chi connectivity index (χ0v) is 33.5. The van der Waals surface area contributed by atoms with Gasteiger partial charge in [0, 0.05) is 6.42 Å². The van der Waals surface area contributed by atoms with E-state index < -0.39 is 78.3 Å². The minimum Gasteiger partial charge on any atom is -0.507 e. The molecule has 2 aliphatic rings. The molecule has 1 unspecified atom stereocenters. The molecule has 0 aliphatic carbocycles. The Kier molecular flexibility index (Phi) is 25.1. The molecular weight excluding hydrogens is 712 g/mol. The zero-order valence-electron chi connectivity index (χ0n) is 33.5. The van der Waals surface area contributed by atoms with Crippen molar-refractivity contribution in [3.8, 4) is 0 Å². The first kappa shape index (κ1) is 47.7. The van der Waals surface area contributed by atoms with Gasteiger partial charge in [0.2, 0.25) is 0 Å². The summed E-state index contributed by atoms with van der Waals surface area (Å²) in [5, 5.41) is 29.8. The lowest BCUT2D eigenvalue weighted by atomic mass is 10.0. The molecule has 3 N–H and O–H groups in total. The highest BCUT2D eigenvalue weighted by Gasteiger charge is 2.40. The van der Waals surface area contributed by atoms with Crippen LogP contribution in [0.15, 0.2) is 22.7 Å². The average Bonchev–Trinajstić information content (AvgIpc) is 3.62. The van der Waals surface area contributed by atoms with Gasteiger partial charge >= 0.3 is 23.9 Å². The first-order chi connectivity index (χ1) is 26.6. The van der Waals surface area contributed by atoms with Gasteiger partial charge in [-0.1, -0.05) is 142 Å². The summed E-state index contributed by atoms with van der Waals surface area (Å²) in [6, 6.07) is 0. The van der Waals surface area contributed by atoms with E-state index in [2.05, 4.69) is 13.8 Å². The number of ketones is 1. The molecule has 2 heterocycles. The maximum absolute atomic E-state index is 12.8. The van der Waals surface area contributed by atoms with Crippen molar-refractivity contribution in [3.05, 3.63) is 22.7 Å². The van der Waals surface area contributed by atoms with Crippen LogP contribution in [0.5, 0.6) is 0 Å². The molecule has 0 saturated heterocycles. The first-order valence-electron chi connectivity index (χ1n) is 21.0.